The molecule has 1 saturated heterocycles. The third-order valence-electron chi connectivity index (χ3n) is 6.30. The van der Waals surface area contributed by atoms with Crippen molar-refractivity contribution in [3.8, 4) is 0 Å². The predicted molar refractivity (Wildman–Crippen MR) is 127 cm³/mol. The van der Waals surface area contributed by atoms with Gasteiger partial charge in [0.25, 0.3) is 0 Å². The molecule has 0 spiro atoms. The number of anilines is 1. The molecular formula is C26H34N4O. The normalized spacial score (nSPS) is 15.6. The van der Waals surface area contributed by atoms with E-state index in [1.165, 1.54) is 11.1 Å². The Morgan fingerprint density at radius 1 is 1.10 bits per heavy atom. The molecule has 0 radical (unpaired) electrons. The van der Waals surface area contributed by atoms with Crippen LogP contribution in [-0.4, -0.2) is 33.4 Å². The summed E-state index contributed by atoms with van der Waals surface area (Å²) in [5.74, 6) is 1.36. The van der Waals surface area contributed by atoms with E-state index in [1.54, 1.807) is 0 Å². The molecule has 1 aliphatic rings. The summed E-state index contributed by atoms with van der Waals surface area (Å²) < 4.78 is 2.35. The van der Waals surface area contributed by atoms with Crippen molar-refractivity contribution in [3.05, 3.63) is 59.9 Å². The summed E-state index contributed by atoms with van der Waals surface area (Å²) in [7, 11) is 0. The number of imidazole rings is 1. The number of carbonyl (C=O) groups is 1. The Hall–Kier alpha value is -2.66. The average molecular weight is 419 g/mol. The van der Waals surface area contributed by atoms with Gasteiger partial charge >= 0.3 is 0 Å². The molecule has 2 aromatic carbocycles. The molecule has 3 aromatic rings. The summed E-state index contributed by atoms with van der Waals surface area (Å²) in [6.07, 6.45) is 3.85. The summed E-state index contributed by atoms with van der Waals surface area (Å²) in [5.41, 5.74) is 4.46. The number of likely N-dealkylation sites (tertiary alicyclic amines) is 1. The second-order valence-corrected chi connectivity index (χ2v) is 8.93. The third kappa shape index (κ3) is 4.82. The molecule has 0 atom stereocenters. The van der Waals surface area contributed by atoms with Gasteiger partial charge in [0.15, 0.2) is 0 Å². The number of piperidine rings is 1. The van der Waals surface area contributed by atoms with Gasteiger partial charge in [-0.05, 0) is 70.0 Å². The summed E-state index contributed by atoms with van der Waals surface area (Å²) in [6, 6.07) is 16.9. The van der Waals surface area contributed by atoms with Gasteiger partial charge in [0.05, 0.1) is 17.6 Å². The fourth-order valence-electron chi connectivity index (χ4n) is 4.70. The lowest BCUT2D eigenvalue weighted by molar-refractivity contribution is -0.121. The van der Waals surface area contributed by atoms with Crippen LogP contribution in [0.15, 0.2) is 48.5 Å². The van der Waals surface area contributed by atoms with Crippen LogP contribution in [-0.2, 0) is 17.8 Å². The maximum Gasteiger partial charge on any atom is 0.227 e. The minimum atomic E-state index is 0.0786. The SMILES string of the molecule is CCCc1ccccc1NC(=O)C1CCN(Cc2nc3ccccc3n2C(C)C)CC1. The standard InChI is InChI=1S/C26H34N4O/c1-4-9-20-10-5-6-11-22(20)28-26(31)21-14-16-29(17-15-21)18-25-27-23-12-7-8-13-24(23)30(25)19(2)3/h5-8,10-13,19,21H,4,9,14-18H2,1-3H3,(H,28,31). The smallest absolute Gasteiger partial charge is 0.227 e. The number of benzene rings is 2. The summed E-state index contributed by atoms with van der Waals surface area (Å²) in [4.78, 5) is 20.3. The van der Waals surface area contributed by atoms with Gasteiger partial charge in [0.2, 0.25) is 5.91 Å². The van der Waals surface area contributed by atoms with E-state index in [2.05, 4.69) is 59.8 Å². The first-order chi connectivity index (χ1) is 15.1. The number of aryl methyl sites for hydroxylation is 1. The van der Waals surface area contributed by atoms with Gasteiger partial charge in [0, 0.05) is 17.6 Å². The van der Waals surface area contributed by atoms with Gasteiger partial charge in [-0.3, -0.25) is 9.69 Å². The van der Waals surface area contributed by atoms with Crippen LogP contribution in [0.25, 0.3) is 11.0 Å². The zero-order chi connectivity index (χ0) is 21.8. The molecule has 0 unspecified atom stereocenters. The number of rotatable bonds is 7. The van der Waals surface area contributed by atoms with Crippen LogP contribution in [0, 0.1) is 5.92 Å². The van der Waals surface area contributed by atoms with Gasteiger partial charge in [0.1, 0.15) is 5.82 Å². The first-order valence-corrected chi connectivity index (χ1v) is 11.6. The minimum Gasteiger partial charge on any atom is -0.326 e. The summed E-state index contributed by atoms with van der Waals surface area (Å²) in [6.45, 7) is 9.28. The largest absolute Gasteiger partial charge is 0.326 e. The summed E-state index contributed by atoms with van der Waals surface area (Å²) in [5, 5.41) is 3.20. The van der Waals surface area contributed by atoms with E-state index in [9.17, 15) is 4.79 Å². The van der Waals surface area contributed by atoms with Crippen molar-refractivity contribution in [2.45, 2.75) is 59.0 Å². The highest BCUT2D eigenvalue weighted by Gasteiger charge is 2.26. The first-order valence-electron chi connectivity index (χ1n) is 11.6. The number of hydrogen-bond acceptors (Lipinski definition) is 3. The van der Waals surface area contributed by atoms with E-state index >= 15 is 0 Å². The zero-order valence-corrected chi connectivity index (χ0v) is 19.0. The van der Waals surface area contributed by atoms with Crippen LogP contribution < -0.4 is 5.32 Å². The van der Waals surface area contributed by atoms with E-state index in [4.69, 9.17) is 4.98 Å². The number of nitrogens with zero attached hydrogens (tertiary/aromatic N) is 3. The van der Waals surface area contributed by atoms with Gasteiger partial charge in [-0.15, -0.1) is 0 Å². The van der Waals surface area contributed by atoms with Crippen LogP contribution in [0.3, 0.4) is 0 Å². The molecule has 5 nitrogen and oxygen atoms in total. The fraction of sp³-hybridized carbons (Fsp3) is 0.462. The molecule has 164 valence electrons. The number of fused-ring (bicyclic) bond motifs is 1. The van der Waals surface area contributed by atoms with Crippen LogP contribution in [0.1, 0.15) is 57.5 Å². The highest BCUT2D eigenvalue weighted by atomic mass is 16.1. The first kappa shape index (κ1) is 21.6. The lowest BCUT2D eigenvalue weighted by Crippen LogP contribution is -2.38. The molecule has 0 saturated carbocycles. The molecule has 5 heteroatoms. The minimum absolute atomic E-state index is 0.0786. The highest BCUT2D eigenvalue weighted by Crippen LogP contribution is 2.25. The molecule has 1 aromatic heterocycles. The monoisotopic (exact) mass is 418 g/mol. The second kappa shape index (κ2) is 9.65. The Morgan fingerprint density at radius 2 is 1.81 bits per heavy atom. The quantitative estimate of drug-likeness (QED) is 0.557. The molecule has 2 heterocycles. The van der Waals surface area contributed by atoms with E-state index in [0.29, 0.717) is 6.04 Å². The van der Waals surface area contributed by atoms with Crippen LogP contribution in [0.2, 0.25) is 0 Å². The molecule has 1 aliphatic heterocycles. The fourth-order valence-corrected chi connectivity index (χ4v) is 4.70. The lowest BCUT2D eigenvalue weighted by atomic mass is 9.95. The third-order valence-corrected chi connectivity index (χ3v) is 6.30. The van der Waals surface area contributed by atoms with E-state index < -0.39 is 0 Å². The van der Waals surface area contributed by atoms with E-state index in [1.807, 2.05) is 24.3 Å². The zero-order valence-electron chi connectivity index (χ0n) is 19.0. The molecule has 0 aliphatic carbocycles. The van der Waals surface area contributed by atoms with Crippen molar-refractivity contribution in [2.24, 2.45) is 5.92 Å². The average Bonchev–Trinajstić information content (AvgIpc) is 3.14. The number of amides is 1. The van der Waals surface area contributed by atoms with Crippen LogP contribution >= 0.6 is 0 Å². The molecular weight excluding hydrogens is 384 g/mol. The van der Waals surface area contributed by atoms with E-state index in [0.717, 1.165) is 62.3 Å². The van der Waals surface area contributed by atoms with Crippen molar-refractivity contribution in [1.82, 2.24) is 14.5 Å². The van der Waals surface area contributed by atoms with Crippen molar-refractivity contribution in [2.75, 3.05) is 18.4 Å². The Balaban J connectivity index is 1.38. The van der Waals surface area contributed by atoms with Crippen molar-refractivity contribution in [3.63, 3.8) is 0 Å². The van der Waals surface area contributed by atoms with Gasteiger partial charge in [-0.25, -0.2) is 4.98 Å². The van der Waals surface area contributed by atoms with Gasteiger partial charge < -0.3 is 9.88 Å². The Labute approximate surface area is 185 Å². The molecule has 31 heavy (non-hydrogen) atoms. The second-order valence-electron chi connectivity index (χ2n) is 8.93. The molecule has 1 N–H and O–H groups in total. The Bertz CT molecular complexity index is 1030. The molecule has 1 amide bonds. The maximum absolute atomic E-state index is 12.9. The summed E-state index contributed by atoms with van der Waals surface area (Å²) >= 11 is 0. The number of hydrogen-bond donors (Lipinski definition) is 1. The van der Waals surface area contributed by atoms with Crippen LogP contribution in [0.4, 0.5) is 5.69 Å². The molecule has 4 rings (SSSR count). The van der Waals surface area contributed by atoms with Gasteiger partial charge in [-0.1, -0.05) is 43.7 Å². The topological polar surface area (TPSA) is 50.2 Å². The molecule has 0 bridgehead atoms. The highest BCUT2D eigenvalue weighted by molar-refractivity contribution is 5.93. The maximum atomic E-state index is 12.9. The number of carbonyl (C=O) groups excluding carboxylic acids is 1. The number of para-hydroxylation sites is 3. The predicted octanol–water partition coefficient (Wildman–Crippen LogP) is 5.42. The molecule has 1 fully saturated rings. The van der Waals surface area contributed by atoms with Crippen molar-refractivity contribution in [1.29, 1.82) is 0 Å². The number of aromatic nitrogens is 2. The van der Waals surface area contributed by atoms with Crippen molar-refractivity contribution < 1.29 is 4.79 Å². The Kier molecular flexibility index (Phi) is 6.71. The Morgan fingerprint density at radius 3 is 2.55 bits per heavy atom. The van der Waals surface area contributed by atoms with Crippen LogP contribution in [0.5, 0.6) is 0 Å². The van der Waals surface area contributed by atoms with Crippen molar-refractivity contribution >= 4 is 22.6 Å². The van der Waals surface area contributed by atoms with E-state index in [-0.39, 0.29) is 11.8 Å². The van der Waals surface area contributed by atoms with Gasteiger partial charge in [-0.2, -0.15) is 0 Å². The lowest BCUT2D eigenvalue weighted by Gasteiger charge is -2.31. The number of nitrogens with one attached hydrogen (secondary N) is 1.